The van der Waals surface area contributed by atoms with Gasteiger partial charge in [-0.2, -0.15) is 0 Å². The van der Waals surface area contributed by atoms with Crippen LogP contribution in [0, 0.1) is 11.6 Å². The second-order valence-corrected chi connectivity index (χ2v) is 4.26. The minimum atomic E-state index is -0.659. The van der Waals surface area contributed by atoms with Gasteiger partial charge in [0.1, 0.15) is 11.6 Å². The zero-order valence-corrected chi connectivity index (χ0v) is 11.0. The van der Waals surface area contributed by atoms with Crippen molar-refractivity contribution in [2.45, 2.75) is 40.0 Å². The van der Waals surface area contributed by atoms with Gasteiger partial charge in [-0.05, 0) is 37.5 Å². The summed E-state index contributed by atoms with van der Waals surface area (Å²) in [6, 6.07) is 2.22. The van der Waals surface area contributed by atoms with Gasteiger partial charge >= 0.3 is 0 Å². The van der Waals surface area contributed by atoms with Gasteiger partial charge < -0.3 is 0 Å². The number of carbonyl (C=O) groups excluding carboxylic acids is 1. The van der Waals surface area contributed by atoms with Crippen molar-refractivity contribution in [1.29, 1.82) is 0 Å². The maximum atomic E-state index is 13.9. The zero-order valence-electron chi connectivity index (χ0n) is 11.0. The Bertz CT molecular complexity index is 452. The van der Waals surface area contributed by atoms with Crippen molar-refractivity contribution in [3.8, 4) is 0 Å². The molecule has 0 saturated heterocycles. The fraction of sp³-hybridized carbons (Fsp3) is 0.400. The Morgan fingerprint density at radius 2 is 1.78 bits per heavy atom. The molecule has 0 aliphatic carbocycles. The number of hydrogen-bond donors (Lipinski definition) is 0. The first kappa shape index (κ1) is 14.6. The first-order chi connectivity index (χ1) is 8.51. The summed E-state index contributed by atoms with van der Waals surface area (Å²) >= 11 is 0. The highest BCUT2D eigenvalue weighted by molar-refractivity contribution is 5.94. The quantitative estimate of drug-likeness (QED) is 0.690. The van der Waals surface area contributed by atoms with Crippen LogP contribution in [0.5, 0.6) is 0 Å². The Labute approximate surface area is 107 Å². The smallest absolute Gasteiger partial charge is 0.160 e. The molecule has 0 bridgehead atoms. The minimum absolute atomic E-state index is 0.00343. The molecule has 0 radical (unpaired) electrons. The van der Waals surface area contributed by atoms with Gasteiger partial charge in [0.05, 0.1) is 0 Å². The number of halogens is 2. The Balaban J connectivity index is 3.32. The highest BCUT2D eigenvalue weighted by atomic mass is 19.1. The van der Waals surface area contributed by atoms with Crippen LogP contribution in [0.4, 0.5) is 8.78 Å². The summed E-state index contributed by atoms with van der Waals surface area (Å²) in [4.78, 5) is 11.1. The molecule has 1 nitrogen and oxygen atoms in total. The Morgan fingerprint density at radius 1 is 1.22 bits per heavy atom. The van der Waals surface area contributed by atoms with E-state index in [1.807, 2.05) is 19.9 Å². The molecule has 0 fully saturated rings. The SMILES string of the molecule is CC/C=C(\CCC)c1c(F)cc(C(C)=O)cc1F. The summed E-state index contributed by atoms with van der Waals surface area (Å²) in [5, 5.41) is 0. The molecule has 0 heterocycles. The third kappa shape index (κ3) is 3.25. The Morgan fingerprint density at radius 3 is 2.17 bits per heavy atom. The number of allylic oxidation sites excluding steroid dienone is 2. The zero-order chi connectivity index (χ0) is 13.7. The lowest BCUT2D eigenvalue weighted by molar-refractivity contribution is 0.101. The average molecular weight is 252 g/mol. The van der Waals surface area contributed by atoms with E-state index in [2.05, 4.69) is 0 Å². The number of rotatable bonds is 5. The van der Waals surface area contributed by atoms with Crippen LogP contribution in [0.1, 0.15) is 56.0 Å². The number of Topliss-reactive ketones (excluding diaryl/α,β-unsaturated/α-hetero) is 1. The summed E-state index contributed by atoms with van der Waals surface area (Å²) in [6.07, 6.45) is 4.00. The van der Waals surface area contributed by atoms with Gasteiger partial charge in [0, 0.05) is 11.1 Å². The van der Waals surface area contributed by atoms with Crippen molar-refractivity contribution in [1.82, 2.24) is 0 Å². The third-order valence-electron chi connectivity index (χ3n) is 2.74. The highest BCUT2D eigenvalue weighted by Gasteiger charge is 2.16. The molecule has 0 aliphatic rings. The van der Waals surface area contributed by atoms with Gasteiger partial charge in [-0.15, -0.1) is 0 Å². The fourth-order valence-electron chi connectivity index (χ4n) is 1.93. The van der Waals surface area contributed by atoms with Crippen LogP contribution >= 0.6 is 0 Å². The molecule has 0 saturated carbocycles. The van der Waals surface area contributed by atoms with Crippen molar-refractivity contribution in [2.24, 2.45) is 0 Å². The summed E-state index contributed by atoms with van der Waals surface area (Å²) in [5.74, 6) is -1.66. The largest absolute Gasteiger partial charge is 0.295 e. The van der Waals surface area contributed by atoms with E-state index in [0.29, 0.717) is 12.0 Å². The van der Waals surface area contributed by atoms with Crippen molar-refractivity contribution < 1.29 is 13.6 Å². The maximum absolute atomic E-state index is 13.9. The lowest BCUT2D eigenvalue weighted by atomic mass is 9.97. The molecule has 0 N–H and O–H groups in total. The predicted molar refractivity (Wildman–Crippen MR) is 69.5 cm³/mol. The maximum Gasteiger partial charge on any atom is 0.160 e. The van der Waals surface area contributed by atoms with Crippen LogP contribution in [-0.4, -0.2) is 5.78 Å². The molecular formula is C15H18F2O. The monoisotopic (exact) mass is 252 g/mol. The lowest BCUT2D eigenvalue weighted by Crippen LogP contribution is -2.01. The molecule has 0 amide bonds. The summed E-state index contributed by atoms with van der Waals surface area (Å²) < 4.78 is 27.9. The summed E-state index contributed by atoms with van der Waals surface area (Å²) in [7, 11) is 0. The highest BCUT2D eigenvalue weighted by Crippen LogP contribution is 2.27. The third-order valence-corrected chi connectivity index (χ3v) is 2.74. The molecule has 0 spiro atoms. The normalized spacial score (nSPS) is 11.7. The van der Waals surface area contributed by atoms with Gasteiger partial charge in [-0.25, -0.2) is 8.78 Å². The number of carbonyl (C=O) groups is 1. The van der Waals surface area contributed by atoms with E-state index < -0.39 is 11.6 Å². The van der Waals surface area contributed by atoms with E-state index >= 15 is 0 Å². The molecule has 0 atom stereocenters. The molecular weight excluding hydrogens is 234 g/mol. The summed E-state index contributed by atoms with van der Waals surface area (Å²) in [6.45, 7) is 5.18. The molecule has 0 unspecified atom stereocenters. The van der Waals surface area contributed by atoms with Crippen molar-refractivity contribution >= 4 is 11.4 Å². The minimum Gasteiger partial charge on any atom is -0.295 e. The van der Waals surface area contributed by atoms with Crippen LogP contribution in [0.3, 0.4) is 0 Å². The van der Waals surface area contributed by atoms with E-state index in [9.17, 15) is 13.6 Å². The second-order valence-electron chi connectivity index (χ2n) is 4.26. The van der Waals surface area contributed by atoms with Gasteiger partial charge in [0.15, 0.2) is 5.78 Å². The molecule has 1 aromatic carbocycles. The lowest BCUT2D eigenvalue weighted by Gasteiger charge is -2.10. The van der Waals surface area contributed by atoms with Crippen LogP contribution < -0.4 is 0 Å². The first-order valence-corrected chi connectivity index (χ1v) is 6.20. The standard InChI is InChI=1S/C15H18F2O/c1-4-6-11(7-5-2)15-13(16)8-12(10(3)18)9-14(15)17/h6,8-9H,4-5,7H2,1-3H3/b11-6+. The number of ketones is 1. The van der Waals surface area contributed by atoms with Crippen LogP contribution in [-0.2, 0) is 0 Å². The first-order valence-electron chi connectivity index (χ1n) is 6.20. The summed E-state index contributed by atoms with van der Waals surface area (Å²) in [5.41, 5.74) is 0.745. The second kappa shape index (κ2) is 6.43. The molecule has 0 aliphatic heterocycles. The van der Waals surface area contributed by atoms with Crippen LogP contribution in [0.15, 0.2) is 18.2 Å². The van der Waals surface area contributed by atoms with E-state index in [-0.39, 0.29) is 16.9 Å². The predicted octanol–water partition coefficient (Wildman–Crippen LogP) is 4.76. The van der Waals surface area contributed by atoms with E-state index in [0.717, 1.165) is 25.0 Å². The van der Waals surface area contributed by atoms with Crippen molar-refractivity contribution in [3.05, 3.63) is 41.0 Å². The van der Waals surface area contributed by atoms with Gasteiger partial charge in [-0.1, -0.05) is 26.3 Å². The van der Waals surface area contributed by atoms with Crippen LogP contribution in [0.2, 0.25) is 0 Å². The number of benzene rings is 1. The van der Waals surface area contributed by atoms with E-state index in [1.54, 1.807) is 0 Å². The van der Waals surface area contributed by atoms with Crippen molar-refractivity contribution in [3.63, 3.8) is 0 Å². The molecule has 98 valence electrons. The molecule has 1 aromatic rings. The van der Waals surface area contributed by atoms with Gasteiger partial charge in [0.2, 0.25) is 0 Å². The number of hydrogen-bond acceptors (Lipinski definition) is 1. The molecule has 0 aromatic heterocycles. The molecule has 1 rings (SSSR count). The molecule has 3 heteroatoms. The van der Waals surface area contributed by atoms with Gasteiger partial charge in [-0.3, -0.25) is 4.79 Å². The molecule has 18 heavy (non-hydrogen) atoms. The average Bonchev–Trinajstić information content (AvgIpc) is 2.28. The topological polar surface area (TPSA) is 17.1 Å². The Kier molecular flexibility index (Phi) is 5.20. The van der Waals surface area contributed by atoms with Gasteiger partial charge in [0.25, 0.3) is 0 Å². The van der Waals surface area contributed by atoms with Crippen molar-refractivity contribution in [2.75, 3.05) is 0 Å². The van der Waals surface area contributed by atoms with E-state index in [1.165, 1.54) is 6.92 Å². The van der Waals surface area contributed by atoms with E-state index in [4.69, 9.17) is 0 Å². The Hall–Kier alpha value is -1.51. The van der Waals surface area contributed by atoms with Crippen LogP contribution in [0.25, 0.3) is 5.57 Å². The fourth-order valence-corrected chi connectivity index (χ4v) is 1.93.